The topological polar surface area (TPSA) is 93.1 Å². The number of hydrogen-bond acceptors (Lipinski definition) is 4. The lowest BCUT2D eigenvalue weighted by Gasteiger charge is -2.14. The summed E-state index contributed by atoms with van der Waals surface area (Å²) in [5.74, 6) is -3.58. The number of rotatable bonds is 3. The van der Waals surface area contributed by atoms with Gasteiger partial charge in [0.2, 0.25) is 0 Å². The number of hydrogen-bond donors (Lipinski definition) is 2. The fourth-order valence-corrected chi connectivity index (χ4v) is 2.64. The molecule has 7 nitrogen and oxygen atoms in total. The van der Waals surface area contributed by atoms with Crippen LogP contribution in [0.4, 0.5) is 8.78 Å². The molecule has 2 N–H and O–H groups in total. The highest BCUT2D eigenvalue weighted by Gasteiger charge is 2.19. The molecule has 3 aromatic rings. The van der Waals surface area contributed by atoms with Crippen LogP contribution < -0.4 is 16.4 Å². The summed E-state index contributed by atoms with van der Waals surface area (Å²) in [5, 5.41) is 4.68. The van der Waals surface area contributed by atoms with Crippen molar-refractivity contribution in [3.8, 4) is 0 Å². The SMILES string of the molecule is CC(C)n1nc(C(=O)NNC(=O)c2cc(F)ccc2F)c2ccccc2c1=O. The van der Waals surface area contributed by atoms with Gasteiger partial charge in [-0.25, -0.2) is 13.5 Å². The van der Waals surface area contributed by atoms with Crippen molar-refractivity contribution in [2.75, 3.05) is 0 Å². The zero-order valence-electron chi connectivity index (χ0n) is 15.0. The van der Waals surface area contributed by atoms with Gasteiger partial charge in [-0.05, 0) is 38.1 Å². The molecule has 2 amide bonds. The molecule has 0 aliphatic heterocycles. The Morgan fingerprint density at radius 1 is 1.00 bits per heavy atom. The van der Waals surface area contributed by atoms with Crippen LogP contribution in [0.2, 0.25) is 0 Å². The second-order valence-electron chi connectivity index (χ2n) is 6.27. The Kier molecular flexibility index (Phi) is 5.16. The van der Waals surface area contributed by atoms with Gasteiger partial charge in [0.25, 0.3) is 17.4 Å². The number of halogens is 2. The highest BCUT2D eigenvalue weighted by Crippen LogP contribution is 2.15. The molecule has 0 atom stereocenters. The van der Waals surface area contributed by atoms with Crippen LogP contribution in [-0.4, -0.2) is 21.6 Å². The first-order chi connectivity index (χ1) is 13.3. The zero-order chi connectivity index (χ0) is 20.4. The number of fused-ring (bicyclic) bond motifs is 1. The Morgan fingerprint density at radius 2 is 1.64 bits per heavy atom. The Labute approximate surface area is 157 Å². The molecule has 28 heavy (non-hydrogen) atoms. The summed E-state index contributed by atoms with van der Waals surface area (Å²) in [5.41, 5.74) is 3.13. The smallest absolute Gasteiger partial charge is 0.267 e. The molecule has 0 bridgehead atoms. The average Bonchev–Trinajstić information content (AvgIpc) is 2.68. The molecule has 0 saturated carbocycles. The van der Waals surface area contributed by atoms with Gasteiger partial charge in [-0.3, -0.25) is 25.2 Å². The summed E-state index contributed by atoms with van der Waals surface area (Å²) in [6.07, 6.45) is 0. The summed E-state index contributed by atoms with van der Waals surface area (Å²) in [6.45, 7) is 3.47. The average molecular weight is 386 g/mol. The fourth-order valence-electron chi connectivity index (χ4n) is 2.64. The van der Waals surface area contributed by atoms with E-state index in [4.69, 9.17) is 0 Å². The summed E-state index contributed by atoms with van der Waals surface area (Å²) in [7, 11) is 0. The van der Waals surface area contributed by atoms with Crippen molar-refractivity contribution in [3.63, 3.8) is 0 Å². The number of nitrogens with one attached hydrogen (secondary N) is 2. The molecule has 2 aromatic carbocycles. The number of nitrogens with zero attached hydrogens (tertiary/aromatic N) is 2. The quantitative estimate of drug-likeness (QED) is 0.676. The van der Waals surface area contributed by atoms with E-state index in [-0.39, 0.29) is 17.3 Å². The lowest BCUT2D eigenvalue weighted by Crippen LogP contribution is -2.43. The van der Waals surface area contributed by atoms with Crippen molar-refractivity contribution in [2.45, 2.75) is 19.9 Å². The second kappa shape index (κ2) is 7.55. The molecule has 1 heterocycles. The maximum Gasteiger partial charge on any atom is 0.290 e. The zero-order valence-corrected chi connectivity index (χ0v) is 15.0. The molecule has 144 valence electrons. The van der Waals surface area contributed by atoms with Crippen LogP contribution in [0.1, 0.15) is 40.7 Å². The number of aromatic nitrogens is 2. The molecule has 1 aromatic heterocycles. The predicted octanol–water partition coefficient (Wildman–Crippen LogP) is 2.33. The first-order valence-electron chi connectivity index (χ1n) is 8.37. The number of hydrazine groups is 1. The van der Waals surface area contributed by atoms with Crippen LogP contribution in [0.25, 0.3) is 10.8 Å². The molecule has 0 fully saturated rings. The standard InChI is InChI=1S/C19H16F2N4O3/c1-10(2)25-19(28)13-6-4-3-5-12(13)16(24-25)18(27)23-22-17(26)14-9-11(20)7-8-15(14)21/h3-10H,1-2H3,(H,22,26)(H,23,27). The van der Waals surface area contributed by atoms with Gasteiger partial charge in [-0.1, -0.05) is 18.2 Å². The van der Waals surface area contributed by atoms with Crippen molar-refractivity contribution < 1.29 is 18.4 Å². The highest BCUT2D eigenvalue weighted by molar-refractivity contribution is 6.06. The minimum absolute atomic E-state index is 0.0936. The Balaban J connectivity index is 1.92. The van der Waals surface area contributed by atoms with Crippen LogP contribution in [0.15, 0.2) is 47.3 Å². The molecule has 0 spiro atoms. The molecular weight excluding hydrogens is 370 g/mol. The van der Waals surface area contributed by atoms with Crippen LogP contribution in [0, 0.1) is 11.6 Å². The van der Waals surface area contributed by atoms with Crippen LogP contribution in [0.5, 0.6) is 0 Å². The van der Waals surface area contributed by atoms with Crippen LogP contribution in [0.3, 0.4) is 0 Å². The van der Waals surface area contributed by atoms with E-state index in [2.05, 4.69) is 10.5 Å². The van der Waals surface area contributed by atoms with Crippen molar-refractivity contribution >= 4 is 22.6 Å². The van der Waals surface area contributed by atoms with Crippen molar-refractivity contribution in [1.29, 1.82) is 0 Å². The second-order valence-corrected chi connectivity index (χ2v) is 6.27. The minimum atomic E-state index is -1.04. The molecule has 0 saturated heterocycles. The third kappa shape index (κ3) is 3.59. The van der Waals surface area contributed by atoms with Crippen LogP contribution in [-0.2, 0) is 0 Å². The first kappa shape index (κ1) is 19.2. The maximum absolute atomic E-state index is 13.7. The van der Waals surface area contributed by atoms with Gasteiger partial charge in [-0.15, -0.1) is 0 Å². The molecule has 0 aliphatic rings. The molecule has 0 aliphatic carbocycles. The van der Waals surface area contributed by atoms with Crippen LogP contribution >= 0.6 is 0 Å². The number of amides is 2. The van der Waals surface area contributed by atoms with Gasteiger partial charge in [0, 0.05) is 5.39 Å². The summed E-state index contributed by atoms with van der Waals surface area (Å²) in [6, 6.07) is 8.50. The fraction of sp³-hybridized carbons (Fsp3) is 0.158. The molecule has 0 unspecified atom stereocenters. The Morgan fingerprint density at radius 3 is 2.32 bits per heavy atom. The molecule has 9 heteroatoms. The molecule has 0 radical (unpaired) electrons. The van der Waals surface area contributed by atoms with E-state index in [0.29, 0.717) is 16.8 Å². The largest absolute Gasteiger partial charge is 0.290 e. The lowest BCUT2D eigenvalue weighted by atomic mass is 10.1. The van der Waals surface area contributed by atoms with Gasteiger partial charge >= 0.3 is 0 Å². The van der Waals surface area contributed by atoms with Crippen molar-refractivity contribution in [3.05, 3.63) is 75.7 Å². The minimum Gasteiger partial charge on any atom is -0.267 e. The Bertz CT molecular complexity index is 1140. The summed E-state index contributed by atoms with van der Waals surface area (Å²) >= 11 is 0. The number of carbonyl (C=O) groups is 2. The van der Waals surface area contributed by atoms with Crippen molar-refractivity contribution in [2.24, 2.45) is 0 Å². The van der Waals surface area contributed by atoms with Crippen molar-refractivity contribution in [1.82, 2.24) is 20.6 Å². The van der Waals surface area contributed by atoms with E-state index in [9.17, 15) is 23.2 Å². The number of benzene rings is 2. The molecule has 3 rings (SSSR count). The van der Waals surface area contributed by atoms with E-state index >= 15 is 0 Å². The van der Waals surface area contributed by atoms with Gasteiger partial charge < -0.3 is 0 Å². The third-order valence-electron chi connectivity index (χ3n) is 4.00. The first-order valence-corrected chi connectivity index (χ1v) is 8.37. The van der Waals surface area contributed by atoms with Gasteiger partial charge in [0.05, 0.1) is 17.0 Å². The Hall–Kier alpha value is -3.62. The molecular formula is C19H16F2N4O3. The van der Waals surface area contributed by atoms with Gasteiger partial charge in [0.15, 0.2) is 5.69 Å². The van der Waals surface area contributed by atoms with Gasteiger partial charge in [0.1, 0.15) is 11.6 Å². The summed E-state index contributed by atoms with van der Waals surface area (Å²) in [4.78, 5) is 37.1. The van der Waals surface area contributed by atoms with E-state index in [0.717, 1.165) is 16.8 Å². The summed E-state index contributed by atoms with van der Waals surface area (Å²) < 4.78 is 28.1. The van der Waals surface area contributed by atoms with E-state index in [1.807, 2.05) is 5.43 Å². The van der Waals surface area contributed by atoms with Gasteiger partial charge in [-0.2, -0.15) is 5.10 Å². The van der Waals surface area contributed by atoms with E-state index < -0.39 is 29.0 Å². The third-order valence-corrected chi connectivity index (χ3v) is 4.00. The van der Waals surface area contributed by atoms with E-state index in [1.54, 1.807) is 38.1 Å². The predicted molar refractivity (Wildman–Crippen MR) is 97.7 cm³/mol. The number of carbonyl (C=O) groups excluding carboxylic acids is 2. The highest BCUT2D eigenvalue weighted by atomic mass is 19.1. The lowest BCUT2D eigenvalue weighted by molar-refractivity contribution is 0.0841. The van der Waals surface area contributed by atoms with E-state index in [1.165, 1.54) is 0 Å². The maximum atomic E-state index is 13.7. The normalized spacial score (nSPS) is 10.9. The monoisotopic (exact) mass is 386 g/mol.